The summed E-state index contributed by atoms with van der Waals surface area (Å²) in [5.41, 5.74) is 4.09. The third-order valence-electron chi connectivity index (χ3n) is 3.45. The van der Waals surface area contributed by atoms with Crippen molar-refractivity contribution in [1.29, 1.82) is 0 Å². The monoisotopic (exact) mass is 276 g/mol. The number of ether oxygens (including phenoxy) is 1. The predicted molar refractivity (Wildman–Crippen MR) is 81.5 cm³/mol. The molecule has 0 aliphatic rings. The third kappa shape index (κ3) is 2.77. The van der Waals surface area contributed by atoms with Crippen molar-refractivity contribution in [1.82, 2.24) is 14.6 Å². The molecule has 0 bridgehead atoms. The van der Waals surface area contributed by atoms with Gasteiger partial charge in [-0.25, -0.2) is 4.98 Å². The second-order valence-corrected chi connectivity index (χ2v) is 6.14. The Kier molecular flexibility index (Phi) is 3.99. The van der Waals surface area contributed by atoms with Gasteiger partial charge in [-0.1, -0.05) is 20.8 Å². The van der Waals surface area contributed by atoms with Crippen molar-refractivity contribution in [2.45, 2.75) is 40.0 Å². The maximum absolute atomic E-state index is 5.10. The van der Waals surface area contributed by atoms with Crippen LogP contribution in [0.3, 0.4) is 0 Å². The van der Waals surface area contributed by atoms with Crippen LogP contribution in [0.2, 0.25) is 0 Å². The lowest BCUT2D eigenvalue weighted by Crippen LogP contribution is -2.15. The molecule has 0 amide bonds. The largest absolute Gasteiger partial charge is 0.383 e. The molecule has 0 atom stereocenters. The van der Waals surface area contributed by atoms with Crippen LogP contribution in [-0.4, -0.2) is 34.9 Å². The van der Waals surface area contributed by atoms with Gasteiger partial charge in [0.1, 0.15) is 5.82 Å². The van der Waals surface area contributed by atoms with E-state index in [9.17, 15) is 0 Å². The summed E-state index contributed by atoms with van der Waals surface area (Å²) in [5.74, 6) is 1.00. The number of hydrogen-bond acceptors (Lipinski definition) is 4. The van der Waals surface area contributed by atoms with Crippen LogP contribution in [0.1, 0.15) is 37.7 Å². The molecule has 0 saturated carbocycles. The Morgan fingerprint density at radius 2 is 2.00 bits per heavy atom. The van der Waals surface area contributed by atoms with Gasteiger partial charge in [0.2, 0.25) is 0 Å². The fraction of sp³-hybridized carbons (Fsp3) is 0.600. The van der Waals surface area contributed by atoms with Crippen LogP contribution >= 0.6 is 0 Å². The van der Waals surface area contributed by atoms with Crippen LogP contribution in [-0.2, 0) is 10.2 Å². The van der Waals surface area contributed by atoms with Crippen molar-refractivity contribution in [2.75, 3.05) is 25.6 Å². The van der Waals surface area contributed by atoms with Crippen LogP contribution in [0, 0.1) is 13.8 Å². The molecule has 5 nitrogen and oxygen atoms in total. The summed E-state index contributed by atoms with van der Waals surface area (Å²) in [4.78, 5) is 4.63. The highest BCUT2D eigenvalue weighted by Crippen LogP contribution is 2.25. The van der Waals surface area contributed by atoms with Gasteiger partial charge in [0.05, 0.1) is 12.3 Å². The van der Waals surface area contributed by atoms with Crippen LogP contribution in [0.15, 0.2) is 6.07 Å². The van der Waals surface area contributed by atoms with E-state index in [4.69, 9.17) is 9.84 Å². The normalized spacial score (nSPS) is 12.1. The first-order chi connectivity index (χ1) is 9.34. The van der Waals surface area contributed by atoms with Gasteiger partial charge >= 0.3 is 0 Å². The number of methoxy groups -OCH3 is 1. The molecule has 0 aromatic carbocycles. The number of hydrogen-bond donors (Lipinski definition) is 1. The van der Waals surface area contributed by atoms with Crippen molar-refractivity contribution in [3.63, 3.8) is 0 Å². The highest BCUT2D eigenvalue weighted by molar-refractivity contribution is 5.56. The SMILES string of the molecule is COCCNc1c(C)c(C)nc2cc(C(C)(C)C)nn12. The van der Waals surface area contributed by atoms with Crippen molar-refractivity contribution in [3.05, 3.63) is 23.0 Å². The van der Waals surface area contributed by atoms with Crippen LogP contribution in [0.25, 0.3) is 5.65 Å². The average Bonchev–Trinajstić information content (AvgIpc) is 2.77. The van der Waals surface area contributed by atoms with Gasteiger partial charge in [-0.2, -0.15) is 9.61 Å². The first kappa shape index (κ1) is 14.8. The molecule has 0 saturated heterocycles. The molecule has 2 aromatic heterocycles. The Morgan fingerprint density at radius 3 is 2.60 bits per heavy atom. The molecule has 110 valence electrons. The second kappa shape index (κ2) is 5.40. The minimum atomic E-state index is 0.0132. The second-order valence-electron chi connectivity index (χ2n) is 6.14. The van der Waals surface area contributed by atoms with Gasteiger partial charge in [-0.05, 0) is 13.8 Å². The highest BCUT2D eigenvalue weighted by atomic mass is 16.5. The fourth-order valence-electron chi connectivity index (χ4n) is 2.05. The zero-order valence-electron chi connectivity index (χ0n) is 13.2. The summed E-state index contributed by atoms with van der Waals surface area (Å²) in [6.07, 6.45) is 0. The fourth-order valence-corrected chi connectivity index (χ4v) is 2.05. The smallest absolute Gasteiger partial charge is 0.157 e. The van der Waals surface area contributed by atoms with Crippen molar-refractivity contribution in [2.24, 2.45) is 0 Å². The molecule has 2 heterocycles. The summed E-state index contributed by atoms with van der Waals surface area (Å²) < 4.78 is 7.00. The summed E-state index contributed by atoms with van der Waals surface area (Å²) in [5, 5.41) is 8.11. The van der Waals surface area contributed by atoms with Crippen LogP contribution in [0.4, 0.5) is 5.82 Å². The van der Waals surface area contributed by atoms with E-state index in [1.165, 1.54) is 0 Å². The Bertz CT molecular complexity index is 610. The molecule has 0 fully saturated rings. The van der Waals surface area contributed by atoms with Gasteiger partial charge < -0.3 is 10.1 Å². The Labute approximate surface area is 120 Å². The lowest BCUT2D eigenvalue weighted by molar-refractivity contribution is 0.210. The van der Waals surface area contributed by atoms with E-state index in [2.05, 4.69) is 44.1 Å². The van der Waals surface area contributed by atoms with Crippen molar-refractivity contribution in [3.8, 4) is 0 Å². The molecule has 5 heteroatoms. The Balaban J connectivity index is 2.52. The number of nitrogens with one attached hydrogen (secondary N) is 1. The van der Waals surface area contributed by atoms with Gasteiger partial charge in [0.25, 0.3) is 0 Å². The lowest BCUT2D eigenvalue weighted by Gasteiger charge is -2.14. The topological polar surface area (TPSA) is 51.5 Å². The quantitative estimate of drug-likeness (QED) is 0.872. The van der Waals surface area contributed by atoms with E-state index in [0.717, 1.165) is 35.0 Å². The van der Waals surface area contributed by atoms with E-state index in [1.54, 1.807) is 7.11 Å². The summed E-state index contributed by atoms with van der Waals surface area (Å²) in [6, 6.07) is 2.06. The first-order valence-electron chi connectivity index (χ1n) is 6.95. The van der Waals surface area contributed by atoms with Gasteiger partial charge in [-0.3, -0.25) is 0 Å². The molecular weight excluding hydrogens is 252 g/mol. The minimum Gasteiger partial charge on any atom is -0.383 e. The molecule has 0 aliphatic carbocycles. The Hall–Kier alpha value is -1.62. The zero-order valence-corrected chi connectivity index (χ0v) is 13.2. The predicted octanol–water partition coefficient (Wildman–Crippen LogP) is 2.70. The maximum Gasteiger partial charge on any atom is 0.157 e. The molecule has 0 unspecified atom stereocenters. The number of nitrogens with zero attached hydrogens (tertiary/aromatic N) is 3. The van der Waals surface area contributed by atoms with E-state index in [0.29, 0.717) is 6.61 Å². The van der Waals surface area contributed by atoms with Crippen LogP contribution < -0.4 is 5.32 Å². The third-order valence-corrected chi connectivity index (χ3v) is 3.45. The van der Waals surface area contributed by atoms with E-state index in [-0.39, 0.29) is 5.41 Å². The van der Waals surface area contributed by atoms with E-state index >= 15 is 0 Å². The molecule has 0 aliphatic heterocycles. The molecule has 2 rings (SSSR count). The van der Waals surface area contributed by atoms with Gasteiger partial charge in [-0.15, -0.1) is 0 Å². The van der Waals surface area contributed by atoms with E-state index < -0.39 is 0 Å². The van der Waals surface area contributed by atoms with Gasteiger partial charge in [0, 0.05) is 36.4 Å². The first-order valence-corrected chi connectivity index (χ1v) is 6.95. The molecular formula is C15H24N4O. The van der Waals surface area contributed by atoms with Gasteiger partial charge in [0.15, 0.2) is 5.65 Å². The van der Waals surface area contributed by atoms with E-state index in [1.807, 2.05) is 11.4 Å². The molecule has 0 spiro atoms. The molecule has 20 heavy (non-hydrogen) atoms. The molecule has 2 aromatic rings. The number of fused-ring (bicyclic) bond motifs is 1. The highest BCUT2D eigenvalue weighted by Gasteiger charge is 2.20. The van der Waals surface area contributed by atoms with Crippen molar-refractivity contribution >= 4 is 11.5 Å². The number of rotatable bonds is 4. The molecule has 0 radical (unpaired) electrons. The number of aryl methyl sites for hydroxylation is 1. The molecule has 1 N–H and O–H groups in total. The van der Waals surface area contributed by atoms with Crippen molar-refractivity contribution < 1.29 is 4.74 Å². The van der Waals surface area contributed by atoms with Crippen LogP contribution in [0.5, 0.6) is 0 Å². The lowest BCUT2D eigenvalue weighted by atomic mass is 9.93. The number of anilines is 1. The summed E-state index contributed by atoms with van der Waals surface area (Å²) in [7, 11) is 1.70. The summed E-state index contributed by atoms with van der Waals surface area (Å²) in [6.45, 7) is 12.0. The minimum absolute atomic E-state index is 0.0132. The Morgan fingerprint density at radius 1 is 1.30 bits per heavy atom. The zero-order chi connectivity index (χ0) is 14.9. The average molecular weight is 276 g/mol. The standard InChI is InChI=1S/C15H24N4O/c1-10-11(2)17-13-9-12(15(3,4)5)18-19(13)14(10)16-7-8-20-6/h9,16H,7-8H2,1-6H3. The summed E-state index contributed by atoms with van der Waals surface area (Å²) >= 11 is 0. The number of aromatic nitrogens is 3. The maximum atomic E-state index is 5.10.